The Morgan fingerprint density at radius 1 is 1.17 bits per heavy atom. The fourth-order valence-electron chi connectivity index (χ4n) is 4.66. The van der Waals surface area contributed by atoms with Crippen LogP contribution in [-0.2, 0) is 22.6 Å². The first-order valence-electron chi connectivity index (χ1n) is 11.4. The minimum Gasteiger partial charge on any atom is -0.507 e. The smallest absolute Gasteiger partial charge is 0.296 e. The highest BCUT2D eigenvalue weighted by Crippen LogP contribution is 2.43. The molecule has 2 aliphatic rings. The molecule has 0 spiro atoms. The molecule has 2 unspecified atom stereocenters. The van der Waals surface area contributed by atoms with Gasteiger partial charge in [0.05, 0.1) is 31.0 Å². The lowest BCUT2D eigenvalue weighted by Gasteiger charge is -2.25. The number of ketones is 1. The number of likely N-dealkylation sites (tertiary alicyclic amines) is 1. The molecule has 3 heterocycles. The normalized spacial score (nSPS) is 20.7. The maximum absolute atomic E-state index is 13.3. The molecule has 2 N–H and O–H groups in total. The molecule has 35 heavy (non-hydrogen) atoms. The lowest BCUT2D eigenvalue weighted by atomic mass is 9.94. The third-order valence-electron chi connectivity index (χ3n) is 6.22. The van der Waals surface area contributed by atoms with Gasteiger partial charge in [0.15, 0.2) is 11.5 Å². The Morgan fingerprint density at radius 3 is 2.74 bits per heavy atom. The van der Waals surface area contributed by atoms with E-state index in [1.54, 1.807) is 49.4 Å². The van der Waals surface area contributed by atoms with Crippen LogP contribution in [0.4, 0.5) is 0 Å². The highest BCUT2D eigenvalue weighted by molar-refractivity contribution is 6.46. The number of aliphatic hydroxyl groups excluding tert-OH is 1. The number of Topliss-reactive ketones (excluding diaryl/α,β-unsaturated/α-hetero) is 1. The van der Waals surface area contributed by atoms with Crippen molar-refractivity contribution in [3.63, 3.8) is 0 Å². The molecule has 0 bridgehead atoms. The van der Waals surface area contributed by atoms with E-state index < -0.39 is 17.7 Å². The maximum atomic E-state index is 13.3. The molecule has 8 heteroatoms. The molecule has 8 nitrogen and oxygen atoms in total. The largest absolute Gasteiger partial charge is 0.507 e. The molecule has 1 amide bonds. The molecule has 1 saturated heterocycles. The number of aliphatic hydroxyl groups is 1. The summed E-state index contributed by atoms with van der Waals surface area (Å²) < 4.78 is 16.7. The van der Waals surface area contributed by atoms with Crippen LogP contribution in [0.25, 0.3) is 5.76 Å². The average Bonchev–Trinajstić information content (AvgIpc) is 3.54. The number of carbonyl (C=O) groups is 2. The van der Waals surface area contributed by atoms with Gasteiger partial charge in [-0.3, -0.25) is 9.59 Å². The van der Waals surface area contributed by atoms with E-state index >= 15 is 0 Å². The third-order valence-corrected chi connectivity index (χ3v) is 6.22. The van der Waals surface area contributed by atoms with Crippen molar-refractivity contribution in [2.24, 2.45) is 0 Å². The van der Waals surface area contributed by atoms with Gasteiger partial charge >= 0.3 is 0 Å². The van der Waals surface area contributed by atoms with Gasteiger partial charge in [-0.2, -0.15) is 0 Å². The van der Waals surface area contributed by atoms with Gasteiger partial charge in [-0.25, -0.2) is 0 Å². The number of hydrogen-bond acceptors (Lipinski definition) is 7. The van der Waals surface area contributed by atoms with Crippen LogP contribution in [0.3, 0.4) is 0 Å². The SMILES string of the molecule is CCOc1cc(C2/C(=C(\O)c3ccc4c(c3)CC(C)O4)C(=O)C(=O)N2Cc2ccco2)ccc1O. The van der Waals surface area contributed by atoms with E-state index in [0.717, 1.165) is 11.3 Å². The highest BCUT2D eigenvalue weighted by Gasteiger charge is 2.46. The summed E-state index contributed by atoms with van der Waals surface area (Å²) in [6.45, 7) is 4.09. The summed E-state index contributed by atoms with van der Waals surface area (Å²) in [5.74, 6) is -0.437. The number of rotatable bonds is 6. The second kappa shape index (κ2) is 8.87. The van der Waals surface area contributed by atoms with Gasteiger partial charge in [-0.1, -0.05) is 6.07 Å². The van der Waals surface area contributed by atoms with Crippen LogP contribution in [0, 0.1) is 0 Å². The van der Waals surface area contributed by atoms with Crippen molar-refractivity contribution in [1.82, 2.24) is 4.90 Å². The minimum absolute atomic E-state index is 0.0234. The van der Waals surface area contributed by atoms with Gasteiger partial charge in [-0.15, -0.1) is 0 Å². The van der Waals surface area contributed by atoms with Crippen LogP contribution in [0.1, 0.15) is 42.3 Å². The number of phenols is 1. The maximum Gasteiger partial charge on any atom is 0.296 e. The number of hydrogen-bond donors (Lipinski definition) is 2. The summed E-state index contributed by atoms with van der Waals surface area (Å²) in [7, 11) is 0. The van der Waals surface area contributed by atoms with Crippen LogP contribution in [0.5, 0.6) is 17.2 Å². The van der Waals surface area contributed by atoms with Crippen molar-refractivity contribution in [2.75, 3.05) is 6.61 Å². The van der Waals surface area contributed by atoms with Crippen LogP contribution in [0.15, 0.2) is 64.8 Å². The van der Waals surface area contributed by atoms with Crippen LogP contribution in [-0.4, -0.2) is 39.5 Å². The van der Waals surface area contributed by atoms with E-state index in [2.05, 4.69) is 0 Å². The lowest BCUT2D eigenvalue weighted by Crippen LogP contribution is -2.29. The van der Waals surface area contributed by atoms with Gasteiger partial charge in [0.2, 0.25) is 0 Å². The first kappa shape index (κ1) is 22.6. The quantitative estimate of drug-likeness (QED) is 0.310. The number of carbonyl (C=O) groups excluding carboxylic acids is 2. The standard InChI is InChI=1S/C27H25NO7/c1-3-33-22-13-16(6-8-20(22)29)24-23(26(31)27(32)28(24)14-19-5-4-10-34-19)25(30)17-7-9-21-18(12-17)11-15(2)35-21/h4-10,12-13,15,24,29-30H,3,11,14H2,1-2H3/b25-23+. The van der Waals surface area contributed by atoms with Gasteiger partial charge in [0.1, 0.15) is 23.4 Å². The number of amides is 1. The zero-order valence-corrected chi connectivity index (χ0v) is 19.4. The fraction of sp³-hybridized carbons (Fsp3) is 0.259. The molecule has 0 aliphatic carbocycles. The number of fused-ring (bicyclic) bond motifs is 1. The molecule has 2 aliphatic heterocycles. The van der Waals surface area contributed by atoms with Crippen molar-refractivity contribution in [3.8, 4) is 17.2 Å². The van der Waals surface area contributed by atoms with E-state index in [0.29, 0.717) is 29.9 Å². The molecule has 1 aromatic heterocycles. The summed E-state index contributed by atoms with van der Waals surface area (Å²) in [6.07, 6.45) is 2.19. The molecular formula is C27H25NO7. The number of aromatic hydroxyl groups is 1. The summed E-state index contributed by atoms with van der Waals surface area (Å²) >= 11 is 0. The number of ether oxygens (including phenoxy) is 2. The van der Waals surface area contributed by atoms with Gasteiger partial charge in [-0.05, 0) is 67.4 Å². The lowest BCUT2D eigenvalue weighted by molar-refractivity contribution is -0.140. The minimum atomic E-state index is -0.914. The van der Waals surface area contributed by atoms with E-state index in [1.807, 2.05) is 6.92 Å². The Kier molecular flexibility index (Phi) is 5.72. The van der Waals surface area contributed by atoms with Crippen molar-refractivity contribution in [2.45, 2.75) is 39.0 Å². The Hall–Kier alpha value is -4.20. The molecule has 0 saturated carbocycles. The third kappa shape index (κ3) is 4.01. The summed E-state index contributed by atoms with van der Waals surface area (Å²) in [5.41, 5.74) is 1.82. The second-order valence-corrected chi connectivity index (χ2v) is 8.62. The Labute approximate surface area is 202 Å². The molecular weight excluding hydrogens is 450 g/mol. The summed E-state index contributed by atoms with van der Waals surface area (Å²) in [6, 6.07) is 12.3. The molecule has 5 rings (SSSR count). The van der Waals surface area contributed by atoms with Crippen molar-refractivity contribution in [1.29, 1.82) is 0 Å². The van der Waals surface area contributed by atoms with E-state index in [1.165, 1.54) is 17.2 Å². The van der Waals surface area contributed by atoms with E-state index in [9.17, 15) is 19.8 Å². The van der Waals surface area contributed by atoms with Gasteiger partial charge < -0.3 is 29.0 Å². The Bertz CT molecular complexity index is 1330. The predicted octanol–water partition coefficient (Wildman–Crippen LogP) is 4.33. The molecule has 2 atom stereocenters. The van der Waals surface area contributed by atoms with Crippen molar-refractivity contribution < 1.29 is 33.7 Å². The summed E-state index contributed by atoms with van der Waals surface area (Å²) in [5, 5.41) is 21.5. The number of benzene rings is 2. The second-order valence-electron chi connectivity index (χ2n) is 8.62. The Morgan fingerprint density at radius 2 is 2.00 bits per heavy atom. The number of phenolic OH excluding ortho intramolecular Hbond substituents is 1. The first-order chi connectivity index (χ1) is 16.9. The van der Waals surface area contributed by atoms with Gasteiger partial charge in [0, 0.05) is 12.0 Å². The molecule has 3 aromatic rings. The van der Waals surface area contributed by atoms with E-state index in [4.69, 9.17) is 13.9 Å². The zero-order chi connectivity index (χ0) is 24.7. The topological polar surface area (TPSA) is 109 Å². The van der Waals surface area contributed by atoms with Crippen LogP contribution in [0.2, 0.25) is 0 Å². The van der Waals surface area contributed by atoms with Crippen molar-refractivity contribution in [3.05, 3.63) is 82.8 Å². The number of nitrogens with zero attached hydrogens (tertiary/aromatic N) is 1. The molecule has 180 valence electrons. The molecule has 2 aromatic carbocycles. The Balaban J connectivity index is 1.65. The zero-order valence-electron chi connectivity index (χ0n) is 19.4. The molecule has 0 radical (unpaired) electrons. The van der Waals surface area contributed by atoms with E-state index in [-0.39, 0.29) is 35.5 Å². The average molecular weight is 475 g/mol. The first-order valence-corrected chi connectivity index (χ1v) is 11.4. The monoisotopic (exact) mass is 475 g/mol. The van der Waals surface area contributed by atoms with Crippen LogP contribution >= 0.6 is 0 Å². The number of furan rings is 1. The van der Waals surface area contributed by atoms with Crippen LogP contribution < -0.4 is 9.47 Å². The predicted molar refractivity (Wildman–Crippen MR) is 126 cm³/mol. The van der Waals surface area contributed by atoms with Gasteiger partial charge in [0.25, 0.3) is 11.7 Å². The van der Waals surface area contributed by atoms with Crippen molar-refractivity contribution >= 4 is 17.4 Å². The highest BCUT2D eigenvalue weighted by atomic mass is 16.5. The fourth-order valence-corrected chi connectivity index (χ4v) is 4.66. The summed E-state index contributed by atoms with van der Waals surface area (Å²) in [4.78, 5) is 27.8. The molecule has 1 fully saturated rings.